The second-order valence-corrected chi connectivity index (χ2v) is 6.44. The number of hydrogen-bond acceptors (Lipinski definition) is 3. The van der Waals surface area contributed by atoms with Crippen molar-refractivity contribution in [3.05, 3.63) is 0 Å². The van der Waals surface area contributed by atoms with E-state index < -0.39 is 6.80 Å². The number of halogens is 1. The minimum absolute atomic E-state index is 0. The van der Waals surface area contributed by atoms with Crippen LogP contribution in [0.15, 0.2) is 0 Å². The molecule has 12 heavy (non-hydrogen) atoms. The van der Waals surface area contributed by atoms with E-state index in [9.17, 15) is 4.57 Å². The van der Waals surface area contributed by atoms with Gasteiger partial charge in [-0.1, -0.05) is 13.8 Å². The molecule has 0 aromatic carbocycles. The molecule has 0 aromatic rings. The second kappa shape index (κ2) is 7.22. The van der Waals surface area contributed by atoms with Crippen molar-refractivity contribution < 1.29 is 14.0 Å². The van der Waals surface area contributed by atoms with Crippen molar-refractivity contribution in [3.8, 4) is 0 Å². The summed E-state index contributed by atoms with van der Waals surface area (Å²) in [5.41, 5.74) is 0. The second-order valence-electron chi connectivity index (χ2n) is 2.21. The summed E-state index contributed by atoms with van der Waals surface area (Å²) in [5.74, 6) is 0. The normalized spacial score (nSPS) is 17.7. The molecule has 76 valence electrons. The zero-order chi connectivity index (χ0) is 8.91. The molecule has 0 saturated carbocycles. The summed E-state index contributed by atoms with van der Waals surface area (Å²) < 4.78 is 15.8. The van der Waals surface area contributed by atoms with Gasteiger partial charge in [-0.25, -0.2) is 4.57 Å². The first-order valence-corrected chi connectivity index (χ1v) is 6.73. The molecular weight excluding hydrogens is 219 g/mol. The standard InChI is InChI=1S/C6H15O3PS.ClH/c1-4-6(3)11-10(7,8)9-5-2;/h6H,4-5H2,1-3H3,(H,7,8);1H. The van der Waals surface area contributed by atoms with Gasteiger partial charge in [-0.05, 0) is 24.7 Å². The first kappa shape index (κ1) is 15.3. The molecule has 0 aliphatic heterocycles. The summed E-state index contributed by atoms with van der Waals surface area (Å²) in [4.78, 5) is 9.11. The number of hydrogen-bond donors (Lipinski definition) is 1. The van der Waals surface area contributed by atoms with Crippen molar-refractivity contribution in [2.45, 2.75) is 32.4 Å². The molecule has 2 unspecified atom stereocenters. The van der Waals surface area contributed by atoms with Crippen LogP contribution in [0, 0.1) is 0 Å². The van der Waals surface area contributed by atoms with E-state index in [1.165, 1.54) is 0 Å². The predicted octanol–water partition coefficient (Wildman–Crippen LogP) is 3.08. The minimum atomic E-state index is -3.35. The van der Waals surface area contributed by atoms with Gasteiger partial charge in [0.1, 0.15) is 0 Å². The highest BCUT2D eigenvalue weighted by atomic mass is 35.5. The fourth-order valence-electron chi connectivity index (χ4n) is 0.496. The first-order chi connectivity index (χ1) is 5.02. The van der Waals surface area contributed by atoms with Crippen molar-refractivity contribution in [1.29, 1.82) is 0 Å². The van der Waals surface area contributed by atoms with Crippen LogP contribution in [0.2, 0.25) is 0 Å². The molecule has 0 radical (unpaired) electrons. The van der Waals surface area contributed by atoms with Crippen LogP contribution in [0.4, 0.5) is 0 Å². The van der Waals surface area contributed by atoms with Crippen LogP contribution in [0.5, 0.6) is 0 Å². The van der Waals surface area contributed by atoms with Crippen molar-refractivity contribution in [2.24, 2.45) is 0 Å². The Kier molecular flexibility index (Phi) is 9.19. The van der Waals surface area contributed by atoms with Gasteiger partial charge in [-0.2, -0.15) is 0 Å². The van der Waals surface area contributed by atoms with Gasteiger partial charge in [-0.3, -0.25) is 0 Å². The molecule has 0 aromatic heterocycles. The van der Waals surface area contributed by atoms with Gasteiger partial charge >= 0.3 is 6.80 Å². The van der Waals surface area contributed by atoms with E-state index in [1.807, 2.05) is 13.8 Å². The van der Waals surface area contributed by atoms with Crippen LogP contribution in [0.25, 0.3) is 0 Å². The summed E-state index contributed by atoms with van der Waals surface area (Å²) in [6, 6.07) is 0. The van der Waals surface area contributed by atoms with E-state index in [0.29, 0.717) is 0 Å². The molecule has 0 fully saturated rings. The van der Waals surface area contributed by atoms with E-state index in [2.05, 4.69) is 4.52 Å². The highest BCUT2D eigenvalue weighted by Gasteiger charge is 2.22. The van der Waals surface area contributed by atoms with E-state index in [-0.39, 0.29) is 24.3 Å². The average Bonchev–Trinajstić information content (AvgIpc) is 1.86. The van der Waals surface area contributed by atoms with Crippen LogP contribution < -0.4 is 0 Å². The lowest BCUT2D eigenvalue weighted by Crippen LogP contribution is -1.94. The van der Waals surface area contributed by atoms with Crippen molar-refractivity contribution >= 4 is 30.6 Å². The molecule has 0 rings (SSSR count). The smallest absolute Gasteiger partial charge is 0.316 e. The lowest BCUT2D eigenvalue weighted by Gasteiger charge is -2.13. The molecule has 1 N–H and O–H groups in total. The molecular formula is C6H16ClO3PS. The summed E-state index contributed by atoms with van der Waals surface area (Å²) in [5, 5.41) is 0.178. The predicted molar refractivity (Wildman–Crippen MR) is 56.0 cm³/mol. The van der Waals surface area contributed by atoms with Gasteiger partial charge in [0.15, 0.2) is 0 Å². The summed E-state index contributed by atoms with van der Waals surface area (Å²) >= 11 is 1.02. The molecule has 0 bridgehead atoms. The Morgan fingerprint density at radius 1 is 1.58 bits per heavy atom. The topological polar surface area (TPSA) is 46.5 Å². The maximum Gasteiger partial charge on any atom is 0.386 e. The Bertz CT molecular complexity index is 156. The van der Waals surface area contributed by atoms with Gasteiger partial charge < -0.3 is 9.42 Å². The Balaban J connectivity index is 0. The van der Waals surface area contributed by atoms with Gasteiger partial charge in [0.25, 0.3) is 0 Å². The van der Waals surface area contributed by atoms with Crippen LogP contribution in [-0.4, -0.2) is 16.8 Å². The Labute approximate surface area is 84.0 Å². The Morgan fingerprint density at radius 2 is 2.08 bits per heavy atom. The van der Waals surface area contributed by atoms with E-state index in [4.69, 9.17) is 4.89 Å². The molecule has 0 amide bonds. The Hall–Kier alpha value is 0.790. The molecule has 0 saturated heterocycles. The molecule has 0 spiro atoms. The first-order valence-electron chi connectivity index (χ1n) is 3.67. The maximum absolute atomic E-state index is 11.1. The van der Waals surface area contributed by atoms with E-state index >= 15 is 0 Å². The summed E-state index contributed by atoms with van der Waals surface area (Å²) in [6.45, 7) is 2.53. The molecule has 3 nitrogen and oxygen atoms in total. The third-order valence-corrected chi connectivity index (χ3v) is 4.92. The molecule has 6 heteroatoms. The SMILES string of the molecule is CCOP(=O)(O)SC(C)CC.Cl. The quantitative estimate of drug-likeness (QED) is 0.743. The Morgan fingerprint density at radius 3 is 2.42 bits per heavy atom. The maximum atomic E-state index is 11.1. The van der Waals surface area contributed by atoms with Crippen LogP contribution >= 0.6 is 30.6 Å². The van der Waals surface area contributed by atoms with E-state index in [0.717, 1.165) is 17.8 Å². The van der Waals surface area contributed by atoms with Crippen LogP contribution in [-0.2, 0) is 9.09 Å². The molecule has 2 atom stereocenters. The van der Waals surface area contributed by atoms with Crippen molar-refractivity contribution in [1.82, 2.24) is 0 Å². The van der Waals surface area contributed by atoms with Gasteiger partial charge in [0, 0.05) is 5.25 Å². The van der Waals surface area contributed by atoms with Crippen molar-refractivity contribution in [2.75, 3.05) is 6.61 Å². The molecule has 0 aliphatic rings. The molecule has 0 aliphatic carbocycles. The zero-order valence-electron chi connectivity index (χ0n) is 7.52. The fraction of sp³-hybridized carbons (Fsp3) is 1.00. The van der Waals surface area contributed by atoms with Gasteiger partial charge in [-0.15, -0.1) is 12.4 Å². The average molecular weight is 235 g/mol. The number of rotatable bonds is 5. The third kappa shape index (κ3) is 7.44. The lowest BCUT2D eigenvalue weighted by atomic mass is 10.4. The van der Waals surface area contributed by atoms with Gasteiger partial charge in [0.2, 0.25) is 0 Å². The molecule has 0 heterocycles. The summed E-state index contributed by atoms with van der Waals surface area (Å²) in [6.07, 6.45) is 0.877. The highest BCUT2D eigenvalue weighted by molar-refractivity contribution is 8.55. The summed E-state index contributed by atoms with van der Waals surface area (Å²) in [7, 11) is 0. The van der Waals surface area contributed by atoms with Gasteiger partial charge in [0.05, 0.1) is 6.61 Å². The van der Waals surface area contributed by atoms with E-state index in [1.54, 1.807) is 6.92 Å². The monoisotopic (exact) mass is 234 g/mol. The largest absolute Gasteiger partial charge is 0.386 e. The zero-order valence-corrected chi connectivity index (χ0v) is 10.0. The van der Waals surface area contributed by atoms with Crippen molar-refractivity contribution in [3.63, 3.8) is 0 Å². The van der Waals surface area contributed by atoms with Crippen LogP contribution in [0.3, 0.4) is 0 Å². The minimum Gasteiger partial charge on any atom is -0.316 e. The highest BCUT2D eigenvalue weighted by Crippen LogP contribution is 2.57. The third-order valence-electron chi connectivity index (χ3n) is 1.18. The van der Waals surface area contributed by atoms with Crippen LogP contribution in [0.1, 0.15) is 27.2 Å². The lowest BCUT2D eigenvalue weighted by molar-refractivity contribution is 0.291. The fourth-order valence-corrected chi connectivity index (χ4v) is 3.80.